The molecule has 5 rings (SSSR count). The molecule has 0 saturated carbocycles. The molecule has 1 amide bonds. The molecule has 2 saturated heterocycles. The van der Waals surface area contributed by atoms with Crippen molar-refractivity contribution >= 4 is 29.3 Å². The van der Waals surface area contributed by atoms with Gasteiger partial charge >= 0.3 is 12.2 Å². The van der Waals surface area contributed by atoms with Gasteiger partial charge in [-0.1, -0.05) is 6.58 Å². The number of fused-ring (bicyclic) bond motifs is 1. The molecule has 0 radical (unpaired) electrons. The summed E-state index contributed by atoms with van der Waals surface area (Å²) in [6.07, 6.45) is -1.32. The van der Waals surface area contributed by atoms with Gasteiger partial charge in [-0.3, -0.25) is 9.69 Å². The van der Waals surface area contributed by atoms with Crippen molar-refractivity contribution in [1.29, 1.82) is 5.41 Å². The van der Waals surface area contributed by atoms with Crippen molar-refractivity contribution in [2.24, 2.45) is 0 Å². The summed E-state index contributed by atoms with van der Waals surface area (Å²) in [5.74, 6) is 0.545. The first kappa shape index (κ1) is 30.5. The van der Waals surface area contributed by atoms with Gasteiger partial charge in [0.25, 0.3) is 0 Å². The number of alkyl halides is 3. The molecular formula is C29H37F3N8O3. The van der Waals surface area contributed by atoms with E-state index in [-0.39, 0.29) is 41.9 Å². The van der Waals surface area contributed by atoms with Gasteiger partial charge in [0.1, 0.15) is 5.82 Å². The number of carbonyl (C=O) groups is 1. The molecule has 0 atom stereocenters. The summed E-state index contributed by atoms with van der Waals surface area (Å²) in [7, 11) is 0. The molecule has 2 aromatic rings. The van der Waals surface area contributed by atoms with Gasteiger partial charge in [0.2, 0.25) is 5.91 Å². The Morgan fingerprint density at radius 2 is 1.84 bits per heavy atom. The van der Waals surface area contributed by atoms with Gasteiger partial charge in [0.05, 0.1) is 43.3 Å². The molecular weight excluding hydrogens is 565 g/mol. The first-order valence-electron chi connectivity index (χ1n) is 14.4. The maximum Gasteiger partial charge on any atom is 0.418 e. The van der Waals surface area contributed by atoms with Crippen LogP contribution in [0.5, 0.6) is 6.01 Å². The van der Waals surface area contributed by atoms with Crippen molar-refractivity contribution in [3.8, 4) is 6.01 Å². The predicted octanol–water partition coefficient (Wildman–Crippen LogP) is 2.57. The van der Waals surface area contributed by atoms with Crippen LogP contribution >= 0.6 is 0 Å². The van der Waals surface area contributed by atoms with E-state index in [2.05, 4.69) is 21.4 Å². The fraction of sp³-hybridized carbons (Fsp3) is 0.517. The van der Waals surface area contributed by atoms with E-state index in [1.165, 1.54) is 12.1 Å². The van der Waals surface area contributed by atoms with Crippen LogP contribution in [0, 0.1) is 5.41 Å². The SMILES string of the molecule is C=CC(=O)N1CCN(c2nc(OCCCN3CCOCC3)nc3c2CCN(c2c(C(F)(F)F)ccc(N)c2C=N)C3)CC1. The zero-order chi connectivity index (χ0) is 30.6. The van der Waals surface area contributed by atoms with Gasteiger partial charge in [-0.05, 0) is 31.1 Å². The number of anilines is 3. The number of aromatic nitrogens is 2. The summed E-state index contributed by atoms with van der Waals surface area (Å²) in [4.78, 5) is 29.3. The average Bonchev–Trinajstić information content (AvgIpc) is 3.02. The number of carbonyl (C=O) groups excluding carboxylic acids is 1. The molecule has 3 aliphatic heterocycles. The van der Waals surface area contributed by atoms with Gasteiger partial charge in [-0.15, -0.1) is 0 Å². The number of nitrogens with one attached hydrogen (secondary N) is 1. The lowest BCUT2D eigenvalue weighted by molar-refractivity contribution is -0.137. The van der Waals surface area contributed by atoms with E-state index in [1.807, 2.05) is 0 Å². The van der Waals surface area contributed by atoms with E-state index < -0.39 is 11.7 Å². The summed E-state index contributed by atoms with van der Waals surface area (Å²) in [6, 6.07) is 2.31. The van der Waals surface area contributed by atoms with Crippen molar-refractivity contribution in [3.05, 3.63) is 47.2 Å². The number of nitrogens with zero attached hydrogens (tertiary/aromatic N) is 6. The van der Waals surface area contributed by atoms with Gasteiger partial charge in [-0.25, -0.2) is 0 Å². The molecule has 11 nitrogen and oxygen atoms in total. The van der Waals surface area contributed by atoms with Crippen LogP contribution in [0.2, 0.25) is 0 Å². The van der Waals surface area contributed by atoms with E-state index >= 15 is 0 Å². The highest BCUT2D eigenvalue weighted by atomic mass is 19.4. The third-order valence-electron chi connectivity index (χ3n) is 8.06. The highest BCUT2D eigenvalue weighted by Crippen LogP contribution is 2.42. The zero-order valence-electron chi connectivity index (χ0n) is 24.0. The highest BCUT2D eigenvalue weighted by Gasteiger charge is 2.38. The number of morpholine rings is 1. The number of nitrogen functional groups attached to an aromatic ring is 1. The summed E-state index contributed by atoms with van der Waals surface area (Å²) in [6.45, 7) is 10.3. The van der Waals surface area contributed by atoms with Crippen LogP contribution in [0.25, 0.3) is 0 Å². The Morgan fingerprint density at radius 3 is 2.51 bits per heavy atom. The molecule has 0 unspecified atom stereocenters. The molecule has 2 fully saturated rings. The normalized spacial score (nSPS) is 17.9. The van der Waals surface area contributed by atoms with Crippen molar-refractivity contribution in [2.75, 3.05) is 87.7 Å². The fourth-order valence-corrected chi connectivity index (χ4v) is 5.79. The van der Waals surface area contributed by atoms with Crippen molar-refractivity contribution < 1.29 is 27.4 Å². The fourth-order valence-electron chi connectivity index (χ4n) is 5.79. The monoisotopic (exact) mass is 602 g/mol. The Labute approximate surface area is 248 Å². The minimum Gasteiger partial charge on any atom is -0.463 e. The molecule has 43 heavy (non-hydrogen) atoms. The van der Waals surface area contributed by atoms with Crippen molar-refractivity contribution in [3.63, 3.8) is 0 Å². The molecule has 1 aromatic heterocycles. The van der Waals surface area contributed by atoms with Gasteiger partial charge in [0, 0.05) is 75.4 Å². The Balaban J connectivity index is 1.42. The largest absolute Gasteiger partial charge is 0.463 e. The highest BCUT2D eigenvalue weighted by molar-refractivity contribution is 5.94. The summed E-state index contributed by atoms with van der Waals surface area (Å²) in [5, 5.41) is 7.83. The second kappa shape index (κ2) is 13.2. The van der Waals surface area contributed by atoms with Gasteiger partial charge in [-0.2, -0.15) is 23.1 Å². The third-order valence-corrected chi connectivity index (χ3v) is 8.06. The van der Waals surface area contributed by atoms with Crippen LogP contribution < -0.4 is 20.3 Å². The average molecular weight is 603 g/mol. The number of rotatable bonds is 9. The predicted molar refractivity (Wildman–Crippen MR) is 157 cm³/mol. The van der Waals surface area contributed by atoms with Crippen LogP contribution in [-0.4, -0.2) is 104 Å². The standard InChI is InChI=1S/C29H37F3N8O3/c1-2-25(41)38-9-11-39(12-10-38)27-20-6-8-40(26-21(18-33)23(34)5-4-22(26)29(30,31)32)19-24(20)35-28(36-27)43-15-3-7-37-13-16-42-17-14-37/h2,4-5,18,33H,1,3,6-17,19,34H2. The topological polar surface area (TPSA) is 124 Å². The molecule has 232 valence electrons. The smallest absolute Gasteiger partial charge is 0.418 e. The number of hydrogen-bond donors (Lipinski definition) is 2. The summed E-state index contributed by atoms with van der Waals surface area (Å²) in [5.41, 5.74) is 6.57. The summed E-state index contributed by atoms with van der Waals surface area (Å²) < 4.78 is 53.7. The van der Waals surface area contributed by atoms with Crippen LogP contribution in [-0.2, 0) is 28.7 Å². The first-order valence-corrected chi connectivity index (χ1v) is 14.4. The Kier molecular flexibility index (Phi) is 9.35. The lowest BCUT2D eigenvalue weighted by Crippen LogP contribution is -2.49. The Hall–Kier alpha value is -3.91. The maximum absolute atomic E-state index is 14.1. The first-order chi connectivity index (χ1) is 20.7. The lowest BCUT2D eigenvalue weighted by Gasteiger charge is -2.38. The second-order valence-electron chi connectivity index (χ2n) is 10.7. The zero-order valence-corrected chi connectivity index (χ0v) is 24.0. The molecule has 0 bridgehead atoms. The number of amides is 1. The molecule has 1 aromatic carbocycles. The van der Waals surface area contributed by atoms with Crippen LogP contribution in [0.4, 0.5) is 30.4 Å². The van der Waals surface area contributed by atoms with Crippen molar-refractivity contribution in [1.82, 2.24) is 19.8 Å². The Morgan fingerprint density at radius 1 is 1.09 bits per heavy atom. The minimum absolute atomic E-state index is 0.0233. The molecule has 14 heteroatoms. The van der Waals surface area contributed by atoms with Crippen LogP contribution in [0.3, 0.4) is 0 Å². The Bertz CT molecular complexity index is 1340. The van der Waals surface area contributed by atoms with Gasteiger partial charge < -0.3 is 35.3 Å². The minimum atomic E-state index is -4.63. The van der Waals surface area contributed by atoms with Gasteiger partial charge in [0.15, 0.2) is 0 Å². The lowest BCUT2D eigenvalue weighted by atomic mass is 9.99. The third kappa shape index (κ3) is 6.85. The summed E-state index contributed by atoms with van der Waals surface area (Å²) >= 11 is 0. The second-order valence-corrected chi connectivity index (χ2v) is 10.7. The number of benzene rings is 1. The molecule has 0 spiro atoms. The molecule has 4 heterocycles. The van der Waals surface area contributed by atoms with Crippen LogP contribution in [0.15, 0.2) is 24.8 Å². The number of halogens is 3. The maximum atomic E-state index is 14.1. The van der Waals surface area contributed by atoms with E-state index in [0.717, 1.165) is 43.9 Å². The van der Waals surface area contributed by atoms with Crippen molar-refractivity contribution in [2.45, 2.75) is 25.6 Å². The number of ether oxygens (including phenoxy) is 2. The number of piperazine rings is 1. The number of hydrogen-bond acceptors (Lipinski definition) is 10. The van der Waals surface area contributed by atoms with E-state index in [0.29, 0.717) is 63.9 Å². The molecule has 3 N–H and O–H groups in total. The van der Waals surface area contributed by atoms with E-state index in [4.69, 9.17) is 25.6 Å². The van der Waals surface area contributed by atoms with E-state index in [1.54, 1.807) is 9.80 Å². The quantitative estimate of drug-likeness (QED) is 0.193. The van der Waals surface area contributed by atoms with Crippen LogP contribution in [0.1, 0.15) is 28.8 Å². The molecule has 3 aliphatic rings. The van der Waals surface area contributed by atoms with E-state index in [9.17, 15) is 18.0 Å². The molecule has 0 aliphatic carbocycles. The number of nitrogens with two attached hydrogens (primary N) is 1.